The van der Waals surface area contributed by atoms with Gasteiger partial charge in [-0.3, -0.25) is 4.79 Å². The van der Waals surface area contributed by atoms with Gasteiger partial charge in [0.25, 0.3) is 0 Å². The summed E-state index contributed by atoms with van der Waals surface area (Å²) in [6.45, 7) is 10.6. The molecule has 152 valence electrons. The highest BCUT2D eigenvalue weighted by Crippen LogP contribution is 2.26. The number of nitrogens with two attached hydrogens (primary N) is 1. The fourth-order valence-corrected chi connectivity index (χ4v) is 2.90. The van der Waals surface area contributed by atoms with E-state index in [0.29, 0.717) is 6.42 Å². The molecule has 6 heteroatoms. The van der Waals surface area contributed by atoms with Gasteiger partial charge in [-0.15, -0.1) is 0 Å². The van der Waals surface area contributed by atoms with E-state index in [-0.39, 0.29) is 11.9 Å². The quantitative estimate of drug-likeness (QED) is 0.508. The molecular formula is C22H32N4O2. The minimum Gasteiger partial charge on any atom is -0.460 e. The second kappa shape index (κ2) is 9.53. The van der Waals surface area contributed by atoms with E-state index in [1.54, 1.807) is 0 Å². The van der Waals surface area contributed by atoms with Crippen LogP contribution in [-0.2, 0) is 9.53 Å². The van der Waals surface area contributed by atoms with Crippen molar-refractivity contribution in [3.63, 3.8) is 0 Å². The largest absolute Gasteiger partial charge is 0.460 e. The van der Waals surface area contributed by atoms with E-state index in [1.807, 2.05) is 39.0 Å². The molecule has 0 aliphatic carbocycles. The molecule has 0 fully saturated rings. The monoisotopic (exact) mass is 384 g/mol. The number of nitrogens with one attached hydrogen (secondary N) is 1. The number of hydrogen-bond acceptors (Lipinski definition) is 6. The maximum atomic E-state index is 11.7. The molecule has 6 nitrogen and oxygen atoms in total. The molecule has 1 aromatic carbocycles. The molecule has 0 saturated heterocycles. The molecule has 0 unspecified atom stereocenters. The van der Waals surface area contributed by atoms with Crippen LogP contribution in [0.1, 0.15) is 57.6 Å². The number of hydrogen-bond donors (Lipinski definition) is 2. The number of aryl methyl sites for hydroxylation is 1. The number of aromatic nitrogens is 2. The van der Waals surface area contributed by atoms with Crippen molar-refractivity contribution in [3.05, 3.63) is 35.4 Å². The zero-order valence-corrected chi connectivity index (χ0v) is 17.6. The van der Waals surface area contributed by atoms with Crippen LogP contribution in [0.25, 0.3) is 11.3 Å². The predicted octanol–water partition coefficient (Wildman–Crippen LogP) is 4.66. The van der Waals surface area contributed by atoms with Gasteiger partial charge in [0, 0.05) is 24.6 Å². The Morgan fingerprint density at radius 2 is 1.89 bits per heavy atom. The molecule has 2 rings (SSSR count). The lowest BCUT2D eigenvalue weighted by molar-refractivity contribution is -0.154. The summed E-state index contributed by atoms with van der Waals surface area (Å²) in [6.07, 6.45) is 3.15. The third-order valence-corrected chi connectivity index (χ3v) is 4.41. The highest BCUT2D eigenvalue weighted by atomic mass is 16.6. The van der Waals surface area contributed by atoms with Crippen molar-refractivity contribution < 1.29 is 9.53 Å². The average molecular weight is 385 g/mol. The number of anilines is 2. The maximum Gasteiger partial charge on any atom is 0.306 e. The molecule has 0 amide bonds. The van der Waals surface area contributed by atoms with Crippen molar-refractivity contribution in [2.24, 2.45) is 0 Å². The van der Waals surface area contributed by atoms with Gasteiger partial charge < -0.3 is 15.8 Å². The molecule has 0 radical (unpaired) electrons. The van der Waals surface area contributed by atoms with Crippen molar-refractivity contribution in [2.45, 2.75) is 65.9 Å². The van der Waals surface area contributed by atoms with Crippen LogP contribution in [0.2, 0.25) is 0 Å². The second-order valence-electron chi connectivity index (χ2n) is 8.07. The summed E-state index contributed by atoms with van der Waals surface area (Å²) in [5, 5.41) is 3.31. The van der Waals surface area contributed by atoms with E-state index < -0.39 is 5.60 Å². The third kappa shape index (κ3) is 6.83. The number of carbonyl (C=O) groups excluding carboxylic acids is 1. The summed E-state index contributed by atoms with van der Waals surface area (Å²) in [5.74, 6) is 0.837. The number of carbonyl (C=O) groups is 1. The highest BCUT2D eigenvalue weighted by molar-refractivity contribution is 5.70. The average Bonchev–Trinajstić information content (AvgIpc) is 2.58. The van der Waals surface area contributed by atoms with Gasteiger partial charge in [-0.2, -0.15) is 4.98 Å². The van der Waals surface area contributed by atoms with Gasteiger partial charge in [0.1, 0.15) is 11.4 Å². The van der Waals surface area contributed by atoms with Crippen molar-refractivity contribution in [3.8, 4) is 11.3 Å². The first-order chi connectivity index (χ1) is 13.2. The van der Waals surface area contributed by atoms with Crippen molar-refractivity contribution in [2.75, 3.05) is 17.6 Å². The molecular weight excluding hydrogens is 352 g/mol. The first kappa shape index (κ1) is 21.7. The van der Waals surface area contributed by atoms with Crippen LogP contribution in [0.15, 0.2) is 24.3 Å². The number of unbranched alkanes of at least 4 members (excludes halogenated alkanes) is 2. The van der Waals surface area contributed by atoms with E-state index in [1.165, 1.54) is 11.1 Å². The zero-order valence-electron chi connectivity index (χ0n) is 17.6. The Morgan fingerprint density at radius 3 is 2.61 bits per heavy atom. The fourth-order valence-electron chi connectivity index (χ4n) is 2.90. The Hall–Kier alpha value is -2.63. The standard InChI is InChI=1S/C22H32N4O2/c1-15-10-9-11-17(16(15)2)18-14-19(26-21(23)25-18)24-13-8-6-7-12-20(27)28-22(3,4)5/h9-11,14H,6-8,12-13H2,1-5H3,(H3,23,24,25,26). The van der Waals surface area contributed by atoms with Crippen LogP contribution in [-0.4, -0.2) is 28.1 Å². The molecule has 1 heterocycles. The van der Waals surface area contributed by atoms with Crippen LogP contribution < -0.4 is 11.1 Å². The van der Waals surface area contributed by atoms with Gasteiger partial charge in [0.15, 0.2) is 0 Å². The molecule has 0 aliphatic rings. The molecule has 0 saturated carbocycles. The molecule has 0 aliphatic heterocycles. The number of nitrogens with zero attached hydrogens (tertiary/aromatic N) is 2. The third-order valence-electron chi connectivity index (χ3n) is 4.41. The Balaban J connectivity index is 1.84. The highest BCUT2D eigenvalue weighted by Gasteiger charge is 2.15. The Morgan fingerprint density at radius 1 is 1.14 bits per heavy atom. The summed E-state index contributed by atoms with van der Waals surface area (Å²) < 4.78 is 5.31. The smallest absolute Gasteiger partial charge is 0.306 e. The molecule has 2 aromatic rings. The first-order valence-corrected chi connectivity index (χ1v) is 9.82. The van der Waals surface area contributed by atoms with Gasteiger partial charge in [0.05, 0.1) is 5.69 Å². The molecule has 0 bridgehead atoms. The lowest BCUT2D eigenvalue weighted by atomic mass is 10.0. The van der Waals surface area contributed by atoms with E-state index in [9.17, 15) is 4.79 Å². The van der Waals surface area contributed by atoms with Crippen LogP contribution >= 0.6 is 0 Å². The van der Waals surface area contributed by atoms with Gasteiger partial charge in [-0.25, -0.2) is 4.98 Å². The SMILES string of the molecule is Cc1cccc(-c2cc(NCCCCCC(=O)OC(C)(C)C)nc(N)n2)c1C. The predicted molar refractivity (Wildman–Crippen MR) is 114 cm³/mol. The van der Waals surface area contributed by atoms with E-state index in [4.69, 9.17) is 10.5 Å². The number of nitrogen functional groups attached to an aromatic ring is 1. The van der Waals surface area contributed by atoms with Gasteiger partial charge in [-0.1, -0.05) is 24.6 Å². The van der Waals surface area contributed by atoms with E-state index in [2.05, 4.69) is 35.2 Å². The minimum absolute atomic E-state index is 0.137. The molecule has 28 heavy (non-hydrogen) atoms. The lowest BCUT2D eigenvalue weighted by Gasteiger charge is -2.19. The van der Waals surface area contributed by atoms with Gasteiger partial charge in [-0.05, 0) is 58.6 Å². The summed E-state index contributed by atoms with van der Waals surface area (Å²) in [4.78, 5) is 20.4. The number of ether oxygens (including phenoxy) is 1. The zero-order chi connectivity index (χ0) is 20.7. The topological polar surface area (TPSA) is 90.1 Å². The van der Waals surface area contributed by atoms with Crippen LogP contribution in [0.5, 0.6) is 0 Å². The van der Waals surface area contributed by atoms with Crippen LogP contribution in [0.4, 0.5) is 11.8 Å². The maximum absolute atomic E-state index is 11.7. The van der Waals surface area contributed by atoms with Gasteiger partial charge in [0.2, 0.25) is 5.95 Å². The van der Waals surface area contributed by atoms with Crippen molar-refractivity contribution >= 4 is 17.7 Å². The lowest BCUT2D eigenvalue weighted by Crippen LogP contribution is -2.23. The summed E-state index contributed by atoms with van der Waals surface area (Å²) in [5.41, 5.74) is 9.78. The Labute approximate surface area is 167 Å². The van der Waals surface area contributed by atoms with E-state index >= 15 is 0 Å². The number of benzene rings is 1. The summed E-state index contributed by atoms with van der Waals surface area (Å²) in [7, 11) is 0. The van der Waals surface area contributed by atoms with Crippen LogP contribution in [0.3, 0.4) is 0 Å². The first-order valence-electron chi connectivity index (χ1n) is 9.82. The van der Waals surface area contributed by atoms with Crippen molar-refractivity contribution in [1.82, 2.24) is 9.97 Å². The number of esters is 1. The summed E-state index contributed by atoms with van der Waals surface area (Å²) >= 11 is 0. The summed E-state index contributed by atoms with van der Waals surface area (Å²) in [6, 6.07) is 8.08. The molecule has 3 N–H and O–H groups in total. The molecule has 0 atom stereocenters. The Kier molecular flexibility index (Phi) is 7.38. The van der Waals surface area contributed by atoms with E-state index in [0.717, 1.165) is 42.9 Å². The minimum atomic E-state index is -0.418. The fraction of sp³-hybridized carbons (Fsp3) is 0.500. The van der Waals surface area contributed by atoms with Crippen LogP contribution in [0, 0.1) is 13.8 Å². The number of rotatable bonds is 8. The second-order valence-corrected chi connectivity index (χ2v) is 8.07. The molecule has 1 aromatic heterocycles. The normalized spacial score (nSPS) is 11.3. The van der Waals surface area contributed by atoms with Gasteiger partial charge >= 0.3 is 5.97 Å². The van der Waals surface area contributed by atoms with Crippen molar-refractivity contribution in [1.29, 1.82) is 0 Å². The molecule has 0 spiro atoms. The Bertz CT molecular complexity index is 813.